The summed E-state index contributed by atoms with van der Waals surface area (Å²) in [5.41, 5.74) is 6.34. The van der Waals surface area contributed by atoms with E-state index < -0.39 is 0 Å². The van der Waals surface area contributed by atoms with Crippen LogP contribution in [0.3, 0.4) is 0 Å². The lowest BCUT2D eigenvalue weighted by molar-refractivity contribution is 0.0900. The molecule has 3 N–H and O–H groups in total. The summed E-state index contributed by atoms with van der Waals surface area (Å²) in [6.45, 7) is 2.25. The predicted octanol–water partition coefficient (Wildman–Crippen LogP) is 0.838. The summed E-state index contributed by atoms with van der Waals surface area (Å²) in [5, 5.41) is 2.72. The second-order valence-corrected chi connectivity index (χ2v) is 3.83. The molecule has 0 saturated carbocycles. The third-order valence-corrected chi connectivity index (χ3v) is 2.41. The minimum atomic E-state index is -0.325. The Balaban J connectivity index is 2.72. The summed E-state index contributed by atoms with van der Waals surface area (Å²) < 4.78 is 18.0. The van der Waals surface area contributed by atoms with Gasteiger partial charge in [-0.25, -0.2) is 4.39 Å². The molecule has 0 aliphatic carbocycles. The van der Waals surface area contributed by atoms with E-state index in [0.717, 1.165) is 0 Å². The van der Waals surface area contributed by atoms with Crippen LogP contribution in [0.5, 0.6) is 0 Å². The maximum absolute atomic E-state index is 13.0. The van der Waals surface area contributed by atoms with Gasteiger partial charge in [0.1, 0.15) is 5.82 Å². The molecule has 0 aromatic heterocycles. The fourth-order valence-electron chi connectivity index (χ4n) is 1.42. The molecule has 1 aromatic carbocycles. The van der Waals surface area contributed by atoms with Crippen LogP contribution in [-0.4, -0.2) is 32.2 Å². The first kappa shape index (κ1) is 13.6. The maximum Gasteiger partial charge on any atom is 0.251 e. The molecule has 1 aromatic rings. The van der Waals surface area contributed by atoms with Crippen molar-refractivity contribution in [1.29, 1.82) is 0 Å². The van der Waals surface area contributed by atoms with E-state index in [1.807, 2.05) is 0 Å². The van der Waals surface area contributed by atoms with Crippen molar-refractivity contribution in [3.63, 3.8) is 0 Å². The van der Waals surface area contributed by atoms with E-state index in [2.05, 4.69) is 5.32 Å². The van der Waals surface area contributed by atoms with Crippen molar-refractivity contribution in [2.75, 3.05) is 20.3 Å². The lowest BCUT2D eigenvalue weighted by Crippen LogP contribution is -2.43. The van der Waals surface area contributed by atoms with Crippen molar-refractivity contribution in [1.82, 2.24) is 5.32 Å². The van der Waals surface area contributed by atoms with E-state index >= 15 is 0 Å². The highest BCUT2D eigenvalue weighted by Gasteiger charge is 2.12. The Morgan fingerprint density at radius 2 is 2.29 bits per heavy atom. The van der Waals surface area contributed by atoms with Gasteiger partial charge < -0.3 is 15.8 Å². The molecule has 1 atom stereocenters. The molecule has 4 nitrogen and oxygen atoms in total. The van der Waals surface area contributed by atoms with Gasteiger partial charge in [-0.3, -0.25) is 4.79 Å². The number of ether oxygens (including phenoxy) is 1. The summed E-state index contributed by atoms with van der Waals surface area (Å²) in [6, 6.07) is 3.99. The second-order valence-electron chi connectivity index (χ2n) is 3.83. The summed E-state index contributed by atoms with van der Waals surface area (Å²) in [6.07, 6.45) is 0. The number of rotatable bonds is 5. The van der Waals surface area contributed by atoms with Crippen molar-refractivity contribution < 1.29 is 13.9 Å². The van der Waals surface area contributed by atoms with E-state index in [9.17, 15) is 9.18 Å². The Kier molecular flexibility index (Phi) is 5.06. The van der Waals surface area contributed by atoms with Crippen LogP contribution in [0.2, 0.25) is 0 Å². The number of carbonyl (C=O) groups is 1. The van der Waals surface area contributed by atoms with Crippen LogP contribution in [0, 0.1) is 12.7 Å². The number of benzene rings is 1. The molecule has 0 bridgehead atoms. The van der Waals surface area contributed by atoms with Gasteiger partial charge in [-0.1, -0.05) is 0 Å². The number of methoxy groups -OCH3 is 1. The topological polar surface area (TPSA) is 64.3 Å². The van der Waals surface area contributed by atoms with Gasteiger partial charge in [-0.2, -0.15) is 0 Å². The van der Waals surface area contributed by atoms with Crippen molar-refractivity contribution >= 4 is 5.91 Å². The van der Waals surface area contributed by atoms with Crippen molar-refractivity contribution in [3.8, 4) is 0 Å². The fourth-order valence-corrected chi connectivity index (χ4v) is 1.42. The van der Waals surface area contributed by atoms with Gasteiger partial charge in [0.05, 0.1) is 12.6 Å². The molecule has 0 aliphatic rings. The number of hydrogen-bond donors (Lipinski definition) is 2. The third kappa shape index (κ3) is 3.80. The molecular weight excluding hydrogens is 223 g/mol. The normalized spacial score (nSPS) is 12.2. The standard InChI is InChI=1S/C12H17FN2O2/c1-8-5-9(3-4-11(8)13)12(16)15-10(6-14)7-17-2/h3-5,10H,6-7,14H2,1-2H3,(H,15,16). The Labute approximate surface area is 100.0 Å². The Bertz CT molecular complexity index is 396. The number of amides is 1. The van der Waals surface area contributed by atoms with E-state index in [4.69, 9.17) is 10.5 Å². The molecule has 0 radical (unpaired) electrons. The molecule has 0 spiro atoms. The molecule has 17 heavy (non-hydrogen) atoms. The molecule has 0 aliphatic heterocycles. The number of aryl methyl sites for hydroxylation is 1. The first-order chi connectivity index (χ1) is 8.08. The average Bonchev–Trinajstić information content (AvgIpc) is 2.31. The minimum Gasteiger partial charge on any atom is -0.383 e. The molecule has 0 heterocycles. The van der Waals surface area contributed by atoms with E-state index in [1.54, 1.807) is 6.92 Å². The van der Waals surface area contributed by atoms with E-state index in [0.29, 0.717) is 24.3 Å². The average molecular weight is 240 g/mol. The largest absolute Gasteiger partial charge is 0.383 e. The third-order valence-electron chi connectivity index (χ3n) is 2.41. The molecule has 5 heteroatoms. The highest BCUT2D eigenvalue weighted by atomic mass is 19.1. The zero-order valence-electron chi connectivity index (χ0n) is 10.00. The zero-order chi connectivity index (χ0) is 12.8. The summed E-state index contributed by atoms with van der Waals surface area (Å²) in [4.78, 5) is 11.8. The minimum absolute atomic E-state index is 0.238. The molecule has 94 valence electrons. The number of carbonyl (C=O) groups excluding carboxylic acids is 1. The molecule has 1 rings (SSSR count). The first-order valence-electron chi connectivity index (χ1n) is 5.34. The number of nitrogens with two attached hydrogens (primary N) is 1. The van der Waals surface area contributed by atoms with Crippen LogP contribution in [0.1, 0.15) is 15.9 Å². The SMILES string of the molecule is COCC(CN)NC(=O)c1ccc(F)c(C)c1. The summed E-state index contributed by atoms with van der Waals surface area (Å²) >= 11 is 0. The van der Waals surface area contributed by atoms with Gasteiger partial charge in [0.15, 0.2) is 0 Å². The van der Waals surface area contributed by atoms with Crippen LogP contribution in [0.4, 0.5) is 4.39 Å². The number of nitrogens with one attached hydrogen (secondary N) is 1. The second kappa shape index (κ2) is 6.32. The van der Waals surface area contributed by atoms with Crippen molar-refractivity contribution in [2.24, 2.45) is 5.73 Å². The zero-order valence-corrected chi connectivity index (χ0v) is 10.00. The molecule has 1 unspecified atom stereocenters. The molecule has 0 fully saturated rings. The van der Waals surface area contributed by atoms with Gasteiger partial charge in [0, 0.05) is 19.2 Å². The van der Waals surface area contributed by atoms with Crippen LogP contribution >= 0.6 is 0 Å². The van der Waals surface area contributed by atoms with Crippen molar-refractivity contribution in [2.45, 2.75) is 13.0 Å². The monoisotopic (exact) mass is 240 g/mol. The van der Waals surface area contributed by atoms with Crippen molar-refractivity contribution in [3.05, 3.63) is 35.1 Å². The number of hydrogen-bond acceptors (Lipinski definition) is 3. The molecule has 1 amide bonds. The molecular formula is C12H17FN2O2. The fraction of sp³-hybridized carbons (Fsp3) is 0.417. The van der Waals surface area contributed by atoms with Gasteiger partial charge in [0.25, 0.3) is 5.91 Å². The van der Waals surface area contributed by atoms with Gasteiger partial charge >= 0.3 is 0 Å². The van der Waals surface area contributed by atoms with E-state index in [-0.39, 0.29) is 17.8 Å². The summed E-state index contributed by atoms with van der Waals surface area (Å²) in [5.74, 6) is -0.602. The lowest BCUT2D eigenvalue weighted by Gasteiger charge is -2.15. The predicted molar refractivity (Wildman–Crippen MR) is 63.3 cm³/mol. The van der Waals surface area contributed by atoms with Crippen LogP contribution in [0.25, 0.3) is 0 Å². The molecule has 0 saturated heterocycles. The van der Waals surface area contributed by atoms with Gasteiger partial charge in [-0.05, 0) is 30.7 Å². The first-order valence-corrected chi connectivity index (χ1v) is 5.34. The van der Waals surface area contributed by atoms with Crippen LogP contribution in [0.15, 0.2) is 18.2 Å². The van der Waals surface area contributed by atoms with E-state index in [1.165, 1.54) is 25.3 Å². The quantitative estimate of drug-likeness (QED) is 0.801. The Hall–Kier alpha value is -1.46. The summed E-state index contributed by atoms with van der Waals surface area (Å²) in [7, 11) is 1.54. The Morgan fingerprint density at radius 3 is 2.82 bits per heavy atom. The van der Waals surface area contributed by atoms with Crippen LogP contribution in [-0.2, 0) is 4.74 Å². The smallest absolute Gasteiger partial charge is 0.251 e. The Morgan fingerprint density at radius 1 is 1.59 bits per heavy atom. The van der Waals surface area contributed by atoms with Gasteiger partial charge in [-0.15, -0.1) is 0 Å². The highest BCUT2D eigenvalue weighted by Crippen LogP contribution is 2.09. The highest BCUT2D eigenvalue weighted by molar-refractivity contribution is 5.94. The maximum atomic E-state index is 13.0. The van der Waals surface area contributed by atoms with Gasteiger partial charge in [0.2, 0.25) is 0 Å². The van der Waals surface area contributed by atoms with Crippen LogP contribution < -0.4 is 11.1 Å². The number of halogens is 1. The lowest BCUT2D eigenvalue weighted by atomic mass is 10.1.